The fourth-order valence-electron chi connectivity index (χ4n) is 7.15. The van der Waals surface area contributed by atoms with Gasteiger partial charge < -0.3 is 20.3 Å². The molecule has 0 aliphatic carbocycles. The average molecular weight is 824 g/mol. The highest BCUT2D eigenvalue weighted by Gasteiger charge is 2.24. The van der Waals surface area contributed by atoms with E-state index in [0.29, 0.717) is 19.3 Å². The van der Waals surface area contributed by atoms with E-state index in [1.807, 2.05) is 12.2 Å². The normalized spacial score (nSPS) is 13.9. The summed E-state index contributed by atoms with van der Waals surface area (Å²) in [6.45, 7) is 6.22. The van der Waals surface area contributed by atoms with Crippen LogP contribution in [0.25, 0.3) is 0 Å². The first-order valence-corrected chi connectivity index (χ1v) is 24.7. The maximum absolute atomic E-state index is 13.2. The molecule has 0 radical (unpaired) electrons. The van der Waals surface area contributed by atoms with Gasteiger partial charge in [0.1, 0.15) is 6.10 Å². The molecule has 0 aromatic rings. The first-order valence-electron chi connectivity index (χ1n) is 24.7. The van der Waals surface area contributed by atoms with E-state index in [4.69, 9.17) is 4.74 Å². The highest BCUT2D eigenvalue weighted by Crippen LogP contribution is 2.17. The van der Waals surface area contributed by atoms with Crippen LogP contribution in [-0.4, -0.2) is 46.9 Å². The summed E-state index contributed by atoms with van der Waals surface area (Å²) >= 11 is 0. The fraction of sp³-hybridized carbons (Fsp3) is 0.736. The lowest BCUT2D eigenvalue weighted by atomic mass is 10.0. The number of esters is 1. The summed E-state index contributed by atoms with van der Waals surface area (Å²) in [6.07, 6.45) is 58.2. The zero-order valence-electron chi connectivity index (χ0n) is 38.6. The lowest BCUT2D eigenvalue weighted by Crippen LogP contribution is -2.46. The van der Waals surface area contributed by atoms with E-state index in [9.17, 15) is 19.8 Å². The number of carbonyl (C=O) groups is 2. The summed E-state index contributed by atoms with van der Waals surface area (Å²) in [4.78, 5) is 26.1. The van der Waals surface area contributed by atoms with Crippen LogP contribution in [0.2, 0.25) is 0 Å². The van der Waals surface area contributed by atoms with Gasteiger partial charge in [0.15, 0.2) is 0 Å². The Balaban J connectivity index is 4.60. The molecule has 3 atom stereocenters. The molecule has 0 aliphatic rings. The number of rotatable bonds is 43. The molecule has 0 bridgehead atoms. The number of allylic oxidation sites excluding steroid dienone is 12. The smallest absolute Gasteiger partial charge is 0.306 e. The quantitative estimate of drug-likeness (QED) is 0.0246. The van der Waals surface area contributed by atoms with E-state index >= 15 is 0 Å². The van der Waals surface area contributed by atoms with Crippen molar-refractivity contribution in [2.24, 2.45) is 0 Å². The summed E-state index contributed by atoms with van der Waals surface area (Å²) in [5, 5.41) is 23.7. The molecular formula is C53H93NO5. The van der Waals surface area contributed by atoms with Gasteiger partial charge in [0.25, 0.3) is 0 Å². The van der Waals surface area contributed by atoms with Crippen LogP contribution in [-0.2, 0) is 14.3 Å². The molecule has 0 saturated heterocycles. The Hall–Kier alpha value is -2.70. The first-order chi connectivity index (χ1) is 29.0. The second kappa shape index (κ2) is 46.4. The van der Waals surface area contributed by atoms with E-state index < -0.39 is 18.2 Å². The third-order valence-corrected chi connectivity index (χ3v) is 10.8. The molecule has 0 aromatic carbocycles. The van der Waals surface area contributed by atoms with Crippen molar-refractivity contribution in [3.8, 4) is 0 Å². The second-order valence-electron chi connectivity index (χ2n) is 16.5. The van der Waals surface area contributed by atoms with Crippen molar-refractivity contribution in [3.05, 3.63) is 72.9 Å². The monoisotopic (exact) mass is 824 g/mol. The lowest BCUT2D eigenvalue weighted by Gasteiger charge is -2.24. The van der Waals surface area contributed by atoms with Crippen molar-refractivity contribution in [1.82, 2.24) is 5.32 Å². The number of ether oxygens (including phenoxy) is 1. The number of unbranched alkanes of at least 4 members (excludes halogenated alkanes) is 21. The maximum Gasteiger partial charge on any atom is 0.306 e. The van der Waals surface area contributed by atoms with Crippen molar-refractivity contribution in [1.29, 1.82) is 0 Å². The molecule has 340 valence electrons. The van der Waals surface area contributed by atoms with Crippen LogP contribution in [0.5, 0.6) is 0 Å². The zero-order chi connectivity index (χ0) is 43.1. The largest absolute Gasteiger partial charge is 0.462 e. The van der Waals surface area contributed by atoms with Crippen LogP contribution in [0.3, 0.4) is 0 Å². The van der Waals surface area contributed by atoms with Crippen LogP contribution < -0.4 is 5.32 Å². The third kappa shape index (κ3) is 41.8. The van der Waals surface area contributed by atoms with Gasteiger partial charge in [-0.05, 0) is 77.0 Å². The Bertz CT molecular complexity index is 1110. The van der Waals surface area contributed by atoms with Gasteiger partial charge in [0, 0.05) is 6.42 Å². The van der Waals surface area contributed by atoms with Gasteiger partial charge in [-0.25, -0.2) is 0 Å². The molecule has 0 heterocycles. The number of amides is 1. The number of hydrogen-bond acceptors (Lipinski definition) is 5. The molecule has 0 fully saturated rings. The van der Waals surface area contributed by atoms with Crippen LogP contribution >= 0.6 is 0 Å². The molecule has 3 unspecified atom stereocenters. The van der Waals surface area contributed by atoms with Gasteiger partial charge in [-0.15, -0.1) is 0 Å². The average Bonchev–Trinajstić information content (AvgIpc) is 3.23. The van der Waals surface area contributed by atoms with Crippen LogP contribution in [0.1, 0.15) is 226 Å². The Morgan fingerprint density at radius 2 is 1.00 bits per heavy atom. The van der Waals surface area contributed by atoms with Gasteiger partial charge in [0.05, 0.1) is 25.2 Å². The van der Waals surface area contributed by atoms with Gasteiger partial charge >= 0.3 is 5.97 Å². The topological polar surface area (TPSA) is 95.9 Å². The Morgan fingerprint density at radius 3 is 1.59 bits per heavy atom. The van der Waals surface area contributed by atoms with Gasteiger partial charge in [0.2, 0.25) is 5.91 Å². The van der Waals surface area contributed by atoms with Crippen molar-refractivity contribution in [3.63, 3.8) is 0 Å². The summed E-state index contributed by atoms with van der Waals surface area (Å²) < 4.78 is 5.90. The molecule has 0 aliphatic heterocycles. The predicted octanol–water partition coefficient (Wildman–Crippen LogP) is 14.6. The van der Waals surface area contributed by atoms with Crippen LogP contribution in [0, 0.1) is 0 Å². The van der Waals surface area contributed by atoms with E-state index in [-0.39, 0.29) is 24.9 Å². The minimum atomic E-state index is -0.801. The lowest BCUT2D eigenvalue weighted by molar-refractivity contribution is -0.151. The number of aliphatic hydroxyl groups is 2. The van der Waals surface area contributed by atoms with Gasteiger partial charge in [-0.1, -0.05) is 209 Å². The minimum Gasteiger partial charge on any atom is -0.462 e. The molecule has 59 heavy (non-hydrogen) atoms. The number of nitrogens with one attached hydrogen (secondary N) is 1. The first kappa shape index (κ1) is 56.3. The van der Waals surface area contributed by atoms with Crippen molar-refractivity contribution in [2.75, 3.05) is 6.61 Å². The summed E-state index contributed by atoms with van der Waals surface area (Å²) in [5.74, 6) is -0.527. The fourth-order valence-corrected chi connectivity index (χ4v) is 7.15. The Kier molecular flexibility index (Phi) is 44.2. The van der Waals surface area contributed by atoms with Crippen molar-refractivity contribution >= 4 is 11.9 Å². The van der Waals surface area contributed by atoms with Crippen LogP contribution in [0.15, 0.2) is 72.9 Å². The number of carbonyl (C=O) groups excluding carboxylic acids is 2. The molecular weight excluding hydrogens is 731 g/mol. The zero-order valence-corrected chi connectivity index (χ0v) is 38.6. The molecule has 1 amide bonds. The highest BCUT2D eigenvalue weighted by atomic mass is 16.5. The summed E-state index contributed by atoms with van der Waals surface area (Å²) in [5.41, 5.74) is 0. The number of aliphatic hydroxyl groups excluding tert-OH is 2. The molecule has 0 spiro atoms. The minimum absolute atomic E-state index is 0.0463. The van der Waals surface area contributed by atoms with Crippen molar-refractivity contribution < 1.29 is 24.5 Å². The molecule has 0 rings (SSSR count). The molecule has 6 heteroatoms. The van der Waals surface area contributed by atoms with Gasteiger partial charge in [-0.2, -0.15) is 0 Å². The van der Waals surface area contributed by atoms with E-state index in [1.165, 1.54) is 83.5 Å². The highest BCUT2D eigenvalue weighted by molar-refractivity contribution is 5.77. The van der Waals surface area contributed by atoms with E-state index in [0.717, 1.165) is 96.3 Å². The molecule has 3 N–H and O–H groups in total. The second-order valence-corrected chi connectivity index (χ2v) is 16.5. The van der Waals surface area contributed by atoms with Crippen LogP contribution in [0.4, 0.5) is 0 Å². The Labute approximate surface area is 364 Å². The summed E-state index contributed by atoms with van der Waals surface area (Å²) in [7, 11) is 0. The molecule has 6 nitrogen and oxygen atoms in total. The Morgan fingerprint density at radius 1 is 0.525 bits per heavy atom. The van der Waals surface area contributed by atoms with Gasteiger partial charge in [-0.3, -0.25) is 9.59 Å². The van der Waals surface area contributed by atoms with E-state index in [2.05, 4.69) is 86.8 Å². The standard InChI is InChI=1S/C53H93NO5/c1-4-7-10-13-16-19-22-24-25-26-28-31-34-37-40-43-46-53(58)59-49(44-41-38-35-32-29-21-18-15-12-9-6-3)47-52(57)54-50(48-55)51(56)45-42-39-36-33-30-27-23-20-17-14-11-8-5-2/h7,9-10,12,15-16,18-19,21,24-25,29,49-51,55-56H,4-6,8,11,13-14,17,20,22-23,26-28,30-48H2,1-3H3,(H,54,57)/b10-7+,12-9+,18-15+,19-16+,25-24+,29-21-. The number of hydrogen-bond donors (Lipinski definition) is 3. The predicted molar refractivity (Wildman–Crippen MR) is 255 cm³/mol. The van der Waals surface area contributed by atoms with E-state index in [1.54, 1.807) is 0 Å². The SMILES string of the molecule is CC/C=C/C=C/C=C\CCCCCC(CC(=O)NC(CO)C(O)CCCCCCCCCCCCCCC)OC(=O)CCCCCCCC/C=C/C/C=C/C/C=C/CC. The molecule has 0 aromatic heterocycles. The third-order valence-electron chi connectivity index (χ3n) is 10.8. The summed E-state index contributed by atoms with van der Waals surface area (Å²) in [6, 6.07) is -0.717. The maximum atomic E-state index is 13.2. The van der Waals surface area contributed by atoms with Crippen molar-refractivity contribution in [2.45, 2.75) is 244 Å². The molecule has 0 saturated carbocycles.